The van der Waals surface area contributed by atoms with E-state index in [1.54, 1.807) is 0 Å². The van der Waals surface area contributed by atoms with Gasteiger partial charge in [-0.3, -0.25) is 0 Å². The molecule has 2 aliphatic rings. The maximum Gasteiger partial charge on any atom is 0.231 e. The molecule has 1 saturated carbocycles. The molecule has 0 amide bonds. The largest absolute Gasteiger partial charge is 0.493 e. The molecule has 3 rings (SSSR count). The predicted molar refractivity (Wildman–Crippen MR) is 63.3 cm³/mol. The highest BCUT2D eigenvalue weighted by atomic mass is 16.7. The number of fused-ring (bicyclic) bond motifs is 1. The Morgan fingerprint density at radius 2 is 2.00 bits per heavy atom. The molecule has 0 atom stereocenters. The number of nitrogens with two attached hydrogens (primary N) is 1. The van der Waals surface area contributed by atoms with Crippen molar-refractivity contribution in [2.75, 3.05) is 13.4 Å². The molecule has 0 aromatic heterocycles. The molecule has 1 aliphatic heterocycles. The van der Waals surface area contributed by atoms with E-state index in [4.69, 9.17) is 19.9 Å². The van der Waals surface area contributed by atoms with Crippen molar-refractivity contribution in [1.29, 1.82) is 0 Å². The average Bonchev–Trinajstić information content (AvgIpc) is 3.05. The van der Waals surface area contributed by atoms with Crippen LogP contribution in [0.4, 0.5) is 0 Å². The summed E-state index contributed by atoms with van der Waals surface area (Å²) in [7, 11) is 0. The second kappa shape index (κ2) is 4.45. The summed E-state index contributed by atoms with van der Waals surface area (Å²) in [6.07, 6.45) is 3.85. The van der Waals surface area contributed by atoms with Gasteiger partial charge in [0.1, 0.15) is 5.75 Å². The van der Waals surface area contributed by atoms with Crippen LogP contribution in [-0.2, 0) is 6.54 Å². The minimum Gasteiger partial charge on any atom is -0.493 e. The van der Waals surface area contributed by atoms with E-state index in [2.05, 4.69) is 0 Å². The molecule has 1 heterocycles. The molecule has 0 unspecified atom stereocenters. The quantitative estimate of drug-likeness (QED) is 0.848. The van der Waals surface area contributed by atoms with Gasteiger partial charge in [-0.2, -0.15) is 0 Å². The number of ether oxygens (including phenoxy) is 3. The fourth-order valence-electron chi connectivity index (χ4n) is 2.00. The minimum absolute atomic E-state index is 0.283. The summed E-state index contributed by atoms with van der Waals surface area (Å²) in [6.45, 7) is 1.50. The van der Waals surface area contributed by atoms with E-state index in [1.165, 1.54) is 12.8 Å². The molecule has 4 nitrogen and oxygen atoms in total. The molecule has 1 fully saturated rings. The zero-order chi connectivity index (χ0) is 11.7. The number of hydrogen-bond acceptors (Lipinski definition) is 4. The molecule has 17 heavy (non-hydrogen) atoms. The zero-order valence-electron chi connectivity index (χ0n) is 9.78. The lowest BCUT2D eigenvalue weighted by atomic mass is 10.1. The summed E-state index contributed by atoms with van der Waals surface area (Å²) >= 11 is 0. The van der Waals surface area contributed by atoms with Crippen LogP contribution in [0, 0.1) is 5.92 Å². The van der Waals surface area contributed by atoms with E-state index in [1.807, 2.05) is 12.1 Å². The molecular formula is C13H17NO3. The van der Waals surface area contributed by atoms with Gasteiger partial charge in [0.05, 0.1) is 6.61 Å². The Kier molecular flexibility index (Phi) is 2.81. The molecule has 92 valence electrons. The van der Waals surface area contributed by atoms with Gasteiger partial charge >= 0.3 is 0 Å². The number of rotatable bonds is 5. The van der Waals surface area contributed by atoms with Gasteiger partial charge in [-0.25, -0.2) is 0 Å². The lowest BCUT2D eigenvalue weighted by molar-refractivity contribution is 0.173. The number of hydrogen-bond donors (Lipinski definition) is 1. The Balaban J connectivity index is 1.71. The lowest BCUT2D eigenvalue weighted by Crippen LogP contribution is -2.04. The van der Waals surface area contributed by atoms with Crippen LogP contribution in [0.2, 0.25) is 0 Å². The molecule has 1 aromatic carbocycles. The third kappa shape index (κ3) is 2.31. The Morgan fingerprint density at radius 1 is 1.24 bits per heavy atom. The van der Waals surface area contributed by atoms with Crippen LogP contribution in [0.25, 0.3) is 0 Å². The first kappa shape index (κ1) is 10.7. The van der Waals surface area contributed by atoms with E-state index in [0.29, 0.717) is 6.54 Å². The van der Waals surface area contributed by atoms with Crippen molar-refractivity contribution >= 4 is 0 Å². The van der Waals surface area contributed by atoms with Crippen molar-refractivity contribution in [3.8, 4) is 17.2 Å². The maximum atomic E-state index is 5.79. The van der Waals surface area contributed by atoms with Gasteiger partial charge in [0.15, 0.2) is 11.5 Å². The topological polar surface area (TPSA) is 53.7 Å². The summed E-state index contributed by atoms with van der Waals surface area (Å²) in [5.74, 6) is 3.23. The molecule has 2 N–H and O–H groups in total. The molecule has 0 bridgehead atoms. The first-order chi connectivity index (χ1) is 8.36. The minimum atomic E-state index is 0.283. The van der Waals surface area contributed by atoms with E-state index >= 15 is 0 Å². The Morgan fingerprint density at radius 3 is 2.71 bits per heavy atom. The Bertz CT molecular complexity index is 415. The Hall–Kier alpha value is -1.42. The van der Waals surface area contributed by atoms with Crippen LogP contribution in [0.15, 0.2) is 12.1 Å². The van der Waals surface area contributed by atoms with Gasteiger partial charge < -0.3 is 19.9 Å². The fourth-order valence-corrected chi connectivity index (χ4v) is 2.00. The van der Waals surface area contributed by atoms with Crippen molar-refractivity contribution in [3.05, 3.63) is 17.7 Å². The van der Waals surface area contributed by atoms with E-state index < -0.39 is 0 Å². The maximum absolute atomic E-state index is 5.79. The second-order valence-corrected chi connectivity index (χ2v) is 4.60. The normalized spacial score (nSPS) is 17.2. The van der Waals surface area contributed by atoms with Crippen LogP contribution in [0.3, 0.4) is 0 Å². The second-order valence-electron chi connectivity index (χ2n) is 4.60. The Labute approximate surface area is 101 Å². The smallest absolute Gasteiger partial charge is 0.231 e. The van der Waals surface area contributed by atoms with Crippen LogP contribution in [-0.4, -0.2) is 13.4 Å². The van der Waals surface area contributed by atoms with E-state index in [9.17, 15) is 0 Å². The molecule has 1 aromatic rings. The van der Waals surface area contributed by atoms with Gasteiger partial charge in [0, 0.05) is 18.2 Å². The van der Waals surface area contributed by atoms with Crippen molar-refractivity contribution in [3.63, 3.8) is 0 Å². The van der Waals surface area contributed by atoms with Gasteiger partial charge in [-0.1, -0.05) is 12.8 Å². The predicted octanol–water partition coefficient (Wildman–Crippen LogP) is 2.05. The van der Waals surface area contributed by atoms with Crippen LogP contribution in [0.5, 0.6) is 17.2 Å². The van der Waals surface area contributed by atoms with Gasteiger partial charge in [-0.05, 0) is 18.4 Å². The molecule has 4 heteroatoms. The molecule has 0 saturated heterocycles. The SMILES string of the molecule is NCc1cc2c(cc1OCCC1CC1)OCO2. The van der Waals surface area contributed by atoms with Crippen molar-refractivity contribution in [1.82, 2.24) is 0 Å². The zero-order valence-corrected chi connectivity index (χ0v) is 9.78. The molecular weight excluding hydrogens is 218 g/mol. The third-order valence-electron chi connectivity index (χ3n) is 3.26. The van der Waals surface area contributed by atoms with Crippen LogP contribution < -0.4 is 19.9 Å². The van der Waals surface area contributed by atoms with E-state index in [-0.39, 0.29) is 6.79 Å². The standard InChI is InChI=1S/C13H17NO3/c14-7-10-5-12-13(17-8-16-12)6-11(10)15-4-3-9-1-2-9/h5-6,9H,1-4,7-8,14H2. The van der Waals surface area contributed by atoms with Crippen molar-refractivity contribution in [2.24, 2.45) is 11.7 Å². The first-order valence-electron chi connectivity index (χ1n) is 6.12. The molecule has 1 aliphatic carbocycles. The van der Waals surface area contributed by atoms with Crippen molar-refractivity contribution < 1.29 is 14.2 Å². The summed E-state index contributed by atoms with van der Waals surface area (Å²) in [5.41, 5.74) is 6.69. The van der Waals surface area contributed by atoms with Crippen LogP contribution >= 0.6 is 0 Å². The first-order valence-corrected chi connectivity index (χ1v) is 6.12. The highest BCUT2D eigenvalue weighted by Gasteiger charge is 2.22. The summed E-state index contributed by atoms with van der Waals surface area (Å²) < 4.78 is 16.4. The molecule has 0 spiro atoms. The summed E-state index contributed by atoms with van der Waals surface area (Å²) in [6, 6.07) is 3.80. The average molecular weight is 235 g/mol. The highest BCUT2D eigenvalue weighted by Crippen LogP contribution is 2.38. The van der Waals surface area contributed by atoms with Gasteiger partial charge in [0.25, 0.3) is 0 Å². The fraction of sp³-hybridized carbons (Fsp3) is 0.538. The monoisotopic (exact) mass is 235 g/mol. The third-order valence-corrected chi connectivity index (χ3v) is 3.26. The number of benzene rings is 1. The van der Waals surface area contributed by atoms with Crippen molar-refractivity contribution in [2.45, 2.75) is 25.8 Å². The summed E-state index contributed by atoms with van der Waals surface area (Å²) in [4.78, 5) is 0. The van der Waals surface area contributed by atoms with Gasteiger partial charge in [-0.15, -0.1) is 0 Å². The van der Waals surface area contributed by atoms with Gasteiger partial charge in [0.2, 0.25) is 6.79 Å². The molecule has 0 radical (unpaired) electrons. The van der Waals surface area contributed by atoms with Crippen LogP contribution in [0.1, 0.15) is 24.8 Å². The highest BCUT2D eigenvalue weighted by molar-refractivity contribution is 5.51. The lowest BCUT2D eigenvalue weighted by Gasteiger charge is -2.11. The summed E-state index contributed by atoms with van der Waals surface area (Å²) in [5, 5.41) is 0. The van der Waals surface area contributed by atoms with E-state index in [0.717, 1.165) is 41.8 Å².